The minimum Gasteiger partial charge on any atom is -0.462 e. The molecule has 1 saturated heterocycles. The van der Waals surface area contributed by atoms with Crippen molar-refractivity contribution < 1.29 is 19.1 Å². The first-order valence-electron chi connectivity index (χ1n) is 10.7. The molecular weight excluding hydrogens is 390 g/mol. The van der Waals surface area contributed by atoms with Crippen molar-refractivity contribution in [3.8, 4) is 0 Å². The average molecular weight is 422 g/mol. The Kier molecular flexibility index (Phi) is 7.66. The van der Waals surface area contributed by atoms with Gasteiger partial charge in [0.2, 0.25) is 0 Å². The lowest BCUT2D eigenvalue weighted by Gasteiger charge is -2.30. The lowest BCUT2D eigenvalue weighted by molar-refractivity contribution is -0.122. The van der Waals surface area contributed by atoms with E-state index in [1.165, 1.54) is 11.3 Å². The number of hydrogen-bond acceptors (Lipinski definition) is 6. The molecule has 2 amide bonds. The molecule has 0 spiro atoms. The van der Waals surface area contributed by atoms with Crippen molar-refractivity contribution in [1.29, 1.82) is 0 Å². The van der Waals surface area contributed by atoms with Gasteiger partial charge in [-0.3, -0.25) is 10.1 Å². The molecule has 7 nitrogen and oxygen atoms in total. The molecule has 0 radical (unpaired) electrons. The molecule has 1 aromatic heterocycles. The molecule has 8 heteroatoms. The fraction of sp³-hybridized carbons (Fsp3) is 0.667. The van der Waals surface area contributed by atoms with Crippen molar-refractivity contribution in [2.24, 2.45) is 5.92 Å². The summed E-state index contributed by atoms with van der Waals surface area (Å²) in [6, 6.07) is -0.929. The number of aryl methyl sites for hydroxylation is 1. The van der Waals surface area contributed by atoms with E-state index in [0.29, 0.717) is 17.0 Å². The van der Waals surface area contributed by atoms with Gasteiger partial charge in [0.1, 0.15) is 5.00 Å². The molecule has 160 valence electrons. The lowest BCUT2D eigenvalue weighted by Crippen LogP contribution is -2.50. The van der Waals surface area contributed by atoms with Gasteiger partial charge in [-0.2, -0.15) is 0 Å². The van der Waals surface area contributed by atoms with Gasteiger partial charge in [0, 0.05) is 11.3 Å². The number of amides is 2. The number of carbonyl (C=O) groups excluding carboxylic acids is 3. The summed E-state index contributed by atoms with van der Waals surface area (Å²) in [6.45, 7) is 5.59. The van der Waals surface area contributed by atoms with E-state index >= 15 is 0 Å². The molecule has 2 heterocycles. The van der Waals surface area contributed by atoms with E-state index in [4.69, 9.17) is 4.74 Å². The first kappa shape index (κ1) is 21.8. The van der Waals surface area contributed by atoms with E-state index in [-0.39, 0.29) is 24.3 Å². The second-order valence-electron chi connectivity index (χ2n) is 7.62. The summed E-state index contributed by atoms with van der Waals surface area (Å²) in [5.41, 5.74) is 1.50. The highest BCUT2D eigenvalue weighted by molar-refractivity contribution is 7.17. The van der Waals surface area contributed by atoms with E-state index in [9.17, 15) is 14.4 Å². The second-order valence-corrected chi connectivity index (χ2v) is 8.72. The maximum Gasteiger partial charge on any atom is 0.341 e. The number of ether oxygens (including phenoxy) is 1. The second kappa shape index (κ2) is 10.2. The number of piperidine rings is 1. The van der Waals surface area contributed by atoms with Crippen LogP contribution in [0, 0.1) is 5.92 Å². The molecule has 1 unspecified atom stereocenters. The molecule has 1 aliphatic heterocycles. The minimum absolute atomic E-state index is 0.0446. The topological polar surface area (TPSA) is 96.5 Å². The van der Waals surface area contributed by atoms with Gasteiger partial charge >= 0.3 is 12.0 Å². The number of nitrogens with one attached hydrogen (secondary N) is 3. The third-order valence-electron chi connectivity index (χ3n) is 5.72. The Morgan fingerprint density at radius 3 is 2.59 bits per heavy atom. The maximum absolute atomic E-state index is 12.8. The summed E-state index contributed by atoms with van der Waals surface area (Å²) in [5.74, 6) is -0.208. The van der Waals surface area contributed by atoms with Crippen molar-refractivity contribution in [3.05, 3.63) is 16.0 Å². The molecule has 1 atom stereocenters. The van der Waals surface area contributed by atoms with Crippen LogP contribution < -0.4 is 16.0 Å². The van der Waals surface area contributed by atoms with Crippen LogP contribution in [0.3, 0.4) is 0 Å². The smallest absolute Gasteiger partial charge is 0.341 e. The van der Waals surface area contributed by atoms with Crippen molar-refractivity contribution in [2.45, 2.75) is 64.8 Å². The van der Waals surface area contributed by atoms with Crippen LogP contribution in [0.2, 0.25) is 0 Å². The van der Waals surface area contributed by atoms with Gasteiger partial charge in [0.15, 0.2) is 5.78 Å². The Bertz CT molecular complexity index is 755. The molecule has 3 N–H and O–H groups in total. The number of thiophene rings is 1. The molecule has 1 aromatic rings. The number of esters is 1. The summed E-state index contributed by atoms with van der Waals surface area (Å²) in [6.07, 6.45) is 5.97. The molecule has 0 aromatic carbocycles. The quantitative estimate of drug-likeness (QED) is 0.587. The van der Waals surface area contributed by atoms with Crippen LogP contribution in [0.25, 0.3) is 0 Å². The van der Waals surface area contributed by atoms with Crippen LogP contribution in [0.5, 0.6) is 0 Å². The number of rotatable bonds is 7. The number of ketones is 1. The Balaban J connectivity index is 1.77. The Labute approximate surface area is 176 Å². The Morgan fingerprint density at radius 2 is 1.90 bits per heavy atom. The standard InChI is InChI=1S/C21H31N3O4S/c1-3-15(25)18(13-9-11-22-12-10-13)23-21(27)24-19-17(20(26)28-4-2)14-7-5-6-8-16(14)29-19/h13,18,22H,3-12H2,1-2H3,(H2,23,24,27). The highest BCUT2D eigenvalue weighted by atomic mass is 32.1. The van der Waals surface area contributed by atoms with Gasteiger partial charge in [-0.1, -0.05) is 6.92 Å². The number of Topliss-reactive ketones (excluding diaryl/α,β-unsaturated/α-hetero) is 1. The van der Waals surface area contributed by atoms with E-state index in [2.05, 4.69) is 16.0 Å². The summed E-state index contributed by atoms with van der Waals surface area (Å²) in [4.78, 5) is 39.0. The van der Waals surface area contributed by atoms with Crippen molar-refractivity contribution in [1.82, 2.24) is 10.6 Å². The van der Waals surface area contributed by atoms with Gasteiger partial charge in [-0.05, 0) is 70.0 Å². The normalized spacial score (nSPS) is 17.9. The highest BCUT2D eigenvalue weighted by Crippen LogP contribution is 2.38. The number of urea groups is 1. The first-order valence-corrected chi connectivity index (χ1v) is 11.5. The van der Waals surface area contributed by atoms with Gasteiger partial charge in [0.05, 0.1) is 18.2 Å². The van der Waals surface area contributed by atoms with Crippen LogP contribution in [0.15, 0.2) is 0 Å². The van der Waals surface area contributed by atoms with Crippen LogP contribution in [-0.2, 0) is 22.4 Å². The average Bonchev–Trinajstić information content (AvgIpc) is 3.10. The monoisotopic (exact) mass is 421 g/mol. The number of anilines is 1. The zero-order valence-electron chi connectivity index (χ0n) is 17.3. The molecule has 29 heavy (non-hydrogen) atoms. The fourth-order valence-electron chi connectivity index (χ4n) is 4.21. The summed E-state index contributed by atoms with van der Waals surface area (Å²) in [5, 5.41) is 9.57. The predicted molar refractivity (Wildman–Crippen MR) is 114 cm³/mol. The van der Waals surface area contributed by atoms with Crippen LogP contribution in [0.4, 0.5) is 9.80 Å². The van der Waals surface area contributed by atoms with E-state index in [1.54, 1.807) is 6.92 Å². The van der Waals surface area contributed by atoms with Crippen molar-refractivity contribution in [2.75, 3.05) is 25.0 Å². The Morgan fingerprint density at radius 1 is 1.17 bits per heavy atom. The molecule has 0 bridgehead atoms. The molecule has 1 aliphatic carbocycles. The zero-order valence-corrected chi connectivity index (χ0v) is 18.1. The van der Waals surface area contributed by atoms with E-state index < -0.39 is 12.1 Å². The third kappa shape index (κ3) is 5.17. The van der Waals surface area contributed by atoms with Crippen molar-refractivity contribution in [3.63, 3.8) is 0 Å². The molecular formula is C21H31N3O4S. The Hall–Kier alpha value is -1.93. The van der Waals surface area contributed by atoms with Crippen molar-refractivity contribution >= 4 is 34.1 Å². The largest absolute Gasteiger partial charge is 0.462 e. The van der Waals surface area contributed by atoms with Gasteiger partial charge in [0.25, 0.3) is 0 Å². The van der Waals surface area contributed by atoms with E-state index in [1.807, 2.05) is 6.92 Å². The first-order chi connectivity index (χ1) is 14.0. The predicted octanol–water partition coefficient (Wildman–Crippen LogP) is 3.27. The fourth-order valence-corrected chi connectivity index (χ4v) is 5.48. The molecule has 2 aliphatic rings. The van der Waals surface area contributed by atoms with Crippen LogP contribution in [0.1, 0.15) is 66.8 Å². The zero-order chi connectivity index (χ0) is 20.8. The minimum atomic E-state index is -0.497. The number of carbonyl (C=O) groups is 3. The van der Waals surface area contributed by atoms with Gasteiger partial charge in [-0.25, -0.2) is 9.59 Å². The molecule has 1 fully saturated rings. The summed E-state index contributed by atoms with van der Waals surface area (Å²) >= 11 is 1.45. The van der Waals surface area contributed by atoms with Crippen LogP contribution in [-0.4, -0.2) is 43.5 Å². The molecule has 3 rings (SSSR count). The third-order valence-corrected chi connectivity index (χ3v) is 6.92. The molecule has 0 saturated carbocycles. The lowest BCUT2D eigenvalue weighted by atomic mass is 9.87. The number of hydrogen-bond donors (Lipinski definition) is 3. The summed E-state index contributed by atoms with van der Waals surface area (Å²) < 4.78 is 5.24. The SMILES string of the molecule is CCOC(=O)c1c(NC(=O)NC(C(=O)CC)C2CCNCC2)sc2c1CCCC2. The maximum atomic E-state index is 12.8. The number of fused-ring (bicyclic) bond motifs is 1. The summed E-state index contributed by atoms with van der Waals surface area (Å²) in [7, 11) is 0. The van der Waals surface area contributed by atoms with E-state index in [0.717, 1.165) is 62.1 Å². The van der Waals surface area contributed by atoms with Crippen LogP contribution >= 0.6 is 11.3 Å². The van der Waals surface area contributed by atoms with Gasteiger partial charge < -0.3 is 15.4 Å². The highest BCUT2D eigenvalue weighted by Gasteiger charge is 2.31. The van der Waals surface area contributed by atoms with Gasteiger partial charge in [-0.15, -0.1) is 11.3 Å².